The van der Waals surface area contributed by atoms with Crippen LogP contribution in [-0.2, 0) is 0 Å². The molecule has 0 saturated heterocycles. The number of benzene rings is 3. The van der Waals surface area contributed by atoms with Crippen LogP contribution in [0.15, 0.2) is 60.7 Å². The second-order valence-electron chi connectivity index (χ2n) is 10.9. The number of hydrogen-bond acceptors (Lipinski definition) is 3. The van der Waals surface area contributed by atoms with Crippen molar-refractivity contribution in [1.29, 1.82) is 0 Å². The lowest BCUT2D eigenvalue weighted by Crippen LogP contribution is -2.11. The first-order valence-corrected chi connectivity index (χ1v) is 15.7. The van der Waals surface area contributed by atoms with Crippen molar-refractivity contribution in [3.8, 4) is 23.3 Å². The summed E-state index contributed by atoms with van der Waals surface area (Å²) >= 11 is 0. The Hall–Kier alpha value is -3.72. The van der Waals surface area contributed by atoms with Crippen molar-refractivity contribution in [2.75, 3.05) is 6.61 Å². The number of carbonyl (C=O) groups is 1. The first-order valence-electron chi connectivity index (χ1n) is 15.7. The Morgan fingerprint density at radius 3 is 1.65 bits per heavy atom. The molecule has 0 fully saturated rings. The van der Waals surface area contributed by atoms with Gasteiger partial charge >= 0.3 is 5.97 Å². The average molecular weight is 593 g/mol. The predicted octanol–water partition coefficient (Wildman–Crippen LogP) is 10.6. The van der Waals surface area contributed by atoms with Crippen LogP contribution in [-0.4, -0.2) is 12.6 Å². The summed E-state index contributed by atoms with van der Waals surface area (Å²) in [5.41, 5.74) is 0.724. The molecule has 0 heterocycles. The van der Waals surface area contributed by atoms with E-state index in [0.29, 0.717) is 12.2 Å². The quantitative estimate of drug-likeness (QED) is 0.0638. The van der Waals surface area contributed by atoms with Gasteiger partial charge in [-0.15, -0.1) is 0 Å². The molecule has 0 aliphatic heterocycles. The standard InChI is InChI=1S/C37H43F3O3/c1-2-3-4-5-6-7-8-9-10-11-12-13-14-15-26-42-33-24-18-29(19-25-33)16-17-30-27-34(39)36(35(40)28-30)43-37(41)31-20-22-32(38)23-21-31/h18-25,27-28H,2-15,26H2,1H3. The third-order valence-corrected chi connectivity index (χ3v) is 7.25. The summed E-state index contributed by atoms with van der Waals surface area (Å²) in [7, 11) is 0. The molecule has 0 aliphatic carbocycles. The van der Waals surface area contributed by atoms with Gasteiger partial charge in [0.2, 0.25) is 5.75 Å². The maximum atomic E-state index is 14.5. The molecular formula is C37H43F3O3. The molecule has 43 heavy (non-hydrogen) atoms. The largest absolute Gasteiger partial charge is 0.494 e. The molecule has 3 nitrogen and oxygen atoms in total. The summed E-state index contributed by atoms with van der Waals surface area (Å²) in [4.78, 5) is 12.1. The summed E-state index contributed by atoms with van der Waals surface area (Å²) in [5.74, 6) is 1.86. The van der Waals surface area contributed by atoms with E-state index in [1.54, 1.807) is 12.1 Å². The van der Waals surface area contributed by atoms with E-state index in [1.807, 2.05) is 12.1 Å². The van der Waals surface area contributed by atoms with E-state index in [4.69, 9.17) is 9.47 Å². The van der Waals surface area contributed by atoms with Gasteiger partial charge in [-0.2, -0.15) is 0 Å². The van der Waals surface area contributed by atoms with Gasteiger partial charge in [-0.25, -0.2) is 18.0 Å². The lowest BCUT2D eigenvalue weighted by molar-refractivity contribution is 0.0720. The van der Waals surface area contributed by atoms with Crippen LogP contribution in [0.25, 0.3) is 0 Å². The lowest BCUT2D eigenvalue weighted by atomic mass is 10.0. The van der Waals surface area contributed by atoms with Crippen LogP contribution in [0.1, 0.15) is 118 Å². The topological polar surface area (TPSA) is 35.5 Å². The Balaban J connectivity index is 1.32. The van der Waals surface area contributed by atoms with Crippen LogP contribution < -0.4 is 9.47 Å². The molecule has 0 saturated carbocycles. The second-order valence-corrected chi connectivity index (χ2v) is 10.9. The predicted molar refractivity (Wildman–Crippen MR) is 166 cm³/mol. The van der Waals surface area contributed by atoms with E-state index in [1.165, 1.54) is 95.6 Å². The van der Waals surface area contributed by atoms with Gasteiger partial charge in [-0.05, 0) is 67.1 Å². The van der Waals surface area contributed by atoms with Gasteiger partial charge in [-0.1, -0.05) is 102 Å². The molecule has 230 valence electrons. The van der Waals surface area contributed by atoms with E-state index >= 15 is 0 Å². The van der Waals surface area contributed by atoms with E-state index in [2.05, 4.69) is 18.8 Å². The molecule has 0 unspecified atom stereocenters. The van der Waals surface area contributed by atoms with Crippen molar-refractivity contribution in [1.82, 2.24) is 0 Å². The zero-order chi connectivity index (χ0) is 30.7. The highest BCUT2D eigenvalue weighted by Crippen LogP contribution is 2.24. The van der Waals surface area contributed by atoms with Crippen LogP contribution in [0.4, 0.5) is 13.2 Å². The fraction of sp³-hybridized carbons (Fsp3) is 0.432. The Labute approximate surface area is 254 Å². The van der Waals surface area contributed by atoms with E-state index in [9.17, 15) is 18.0 Å². The second kappa shape index (κ2) is 19.5. The fourth-order valence-electron chi connectivity index (χ4n) is 4.73. The monoisotopic (exact) mass is 592 g/mol. The normalized spacial score (nSPS) is 10.7. The number of ether oxygens (including phenoxy) is 2. The number of rotatable bonds is 18. The van der Waals surface area contributed by atoms with Gasteiger partial charge in [0.15, 0.2) is 11.6 Å². The summed E-state index contributed by atoms with van der Waals surface area (Å²) in [6.07, 6.45) is 18.4. The Bertz CT molecular complexity index is 1280. The molecule has 3 rings (SSSR count). The van der Waals surface area contributed by atoms with Gasteiger partial charge in [0.1, 0.15) is 11.6 Å². The van der Waals surface area contributed by atoms with Gasteiger partial charge in [0, 0.05) is 11.1 Å². The molecule has 0 amide bonds. The molecule has 0 atom stereocenters. The maximum Gasteiger partial charge on any atom is 0.343 e. The van der Waals surface area contributed by atoms with Crippen molar-refractivity contribution in [3.63, 3.8) is 0 Å². The number of halogens is 3. The molecule has 0 aliphatic rings. The SMILES string of the molecule is CCCCCCCCCCCCCCCCOc1ccc(C#Cc2cc(F)c(OC(=O)c3ccc(F)cc3)c(F)c2)cc1. The summed E-state index contributed by atoms with van der Waals surface area (Å²) < 4.78 is 52.7. The zero-order valence-corrected chi connectivity index (χ0v) is 25.2. The molecule has 0 radical (unpaired) electrons. The average Bonchev–Trinajstić information content (AvgIpc) is 3.00. The summed E-state index contributed by atoms with van der Waals surface area (Å²) in [6, 6.07) is 13.7. The van der Waals surface area contributed by atoms with Gasteiger partial charge in [0.25, 0.3) is 0 Å². The van der Waals surface area contributed by atoms with Crippen molar-refractivity contribution in [2.24, 2.45) is 0 Å². The Kier molecular flexibility index (Phi) is 15.3. The molecule has 6 heteroatoms. The molecule has 0 spiro atoms. The van der Waals surface area contributed by atoms with Gasteiger partial charge in [-0.3, -0.25) is 0 Å². The molecule has 3 aromatic carbocycles. The molecule has 0 aromatic heterocycles. The fourth-order valence-corrected chi connectivity index (χ4v) is 4.73. The van der Waals surface area contributed by atoms with Crippen molar-refractivity contribution in [3.05, 3.63) is 94.8 Å². The van der Waals surface area contributed by atoms with Crippen molar-refractivity contribution < 1.29 is 27.4 Å². The lowest BCUT2D eigenvalue weighted by Gasteiger charge is -2.07. The van der Waals surface area contributed by atoms with Crippen LogP contribution in [0.2, 0.25) is 0 Å². The Morgan fingerprint density at radius 2 is 1.12 bits per heavy atom. The molecule has 3 aromatic rings. The highest BCUT2D eigenvalue weighted by atomic mass is 19.1. The summed E-state index contributed by atoms with van der Waals surface area (Å²) in [5, 5.41) is 0. The minimum Gasteiger partial charge on any atom is -0.494 e. The number of hydrogen-bond donors (Lipinski definition) is 0. The third-order valence-electron chi connectivity index (χ3n) is 7.25. The minimum atomic E-state index is -1.06. The molecule has 0 N–H and O–H groups in total. The number of carbonyl (C=O) groups excluding carboxylic acids is 1. The first-order chi connectivity index (χ1) is 21.0. The van der Waals surface area contributed by atoms with Crippen LogP contribution in [0.3, 0.4) is 0 Å². The van der Waals surface area contributed by atoms with Crippen LogP contribution in [0.5, 0.6) is 11.5 Å². The smallest absolute Gasteiger partial charge is 0.343 e. The maximum absolute atomic E-state index is 14.5. The van der Waals surface area contributed by atoms with E-state index in [-0.39, 0.29) is 11.1 Å². The molecular weight excluding hydrogens is 549 g/mol. The van der Waals surface area contributed by atoms with Crippen LogP contribution >= 0.6 is 0 Å². The minimum absolute atomic E-state index is 0.0314. The van der Waals surface area contributed by atoms with Crippen molar-refractivity contribution >= 4 is 5.97 Å². The summed E-state index contributed by atoms with van der Waals surface area (Å²) in [6.45, 7) is 2.93. The first kappa shape index (κ1) is 33.8. The van der Waals surface area contributed by atoms with Gasteiger partial charge in [0.05, 0.1) is 12.2 Å². The highest BCUT2D eigenvalue weighted by molar-refractivity contribution is 5.91. The van der Waals surface area contributed by atoms with Crippen LogP contribution in [0, 0.1) is 29.3 Å². The highest BCUT2D eigenvalue weighted by Gasteiger charge is 2.17. The van der Waals surface area contributed by atoms with Gasteiger partial charge < -0.3 is 9.47 Å². The zero-order valence-electron chi connectivity index (χ0n) is 25.2. The third kappa shape index (κ3) is 13.0. The Morgan fingerprint density at radius 1 is 0.628 bits per heavy atom. The van der Waals surface area contributed by atoms with E-state index < -0.39 is 29.2 Å². The van der Waals surface area contributed by atoms with E-state index in [0.717, 1.165) is 36.4 Å². The van der Waals surface area contributed by atoms with Crippen molar-refractivity contribution in [2.45, 2.75) is 96.8 Å². The molecule has 0 bridgehead atoms. The number of unbranched alkanes of at least 4 members (excludes halogenated alkanes) is 13. The number of esters is 1.